The third kappa shape index (κ3) is 2.08. The predicted octanol–water partition coefficient (Wildman–Crippen LogP) is 1.52. The lowest BCUT2D eigenvalue weighted by atomic mass is 10.5. The Morgan fingerprint density at radius 2 is 2.25 bits per heavy atom. The quantitative estimate of drug-likeness (QED) is 0.811. The number of nitrogen functional groups attached to an aromatic ring is 1. The Kier molecular flexibility index (Phi) is 2.95. The van der Waals surface area contributed by atoms with Crippen molar-refractivity contribution in [1.82, 2.24) is 15.0 Å². The van der Waals surface area contributed by atoms with Crippen LogP contribution in [0.4, 0.5) is 5.82 Å². The monoisotopic (exact) mass is 238 g/mol. The Morgan fingerprint density at radius 1 is 1.44 bits per heavy atom. The maximum Gasteiger partial charge on any atom is 0.262 e. The van der Waals surface area contributed by atoms with Crippen LogP contribution in [0.5, 0.6) is 5.75 Å². The molecule has 0 bridgehead atoms. The van der Waals surface area contributed by atoms with E-state index in [0.717, 1.165) is 5.69 Å². The van der Waals surface area contributed by atoms with Gasteiger partial charge in [0.1, 0.15) is 12.6 Å². The van der Waals surface area contributed by atoms with Gasteiger partial charge in [-0.05, 0) is 18.7 Å². The Morgan fingerprint density at radius 3 is 2.88 bits per heavy atom. The number of nitrogens with zero attached hydrogens (tertiary/aromatic N) is 3. The lowest BCUT2D eigenvalue weighted by molar-refractivity contribution is 0.399. The largest absolute Gasteiger partial charge is 0.490 e. The van der Waals surface area contributed by atoms with E-state index >= 15 is 0 Å². The fourth-order valence-electron chi connectivity index (χ4n) is 1.10. The summed E-state index contributed by atoms with van der Waals surface area (Å²) in [5, 5.41) is 1.07. The molecule has 0 fully saturated rings. The second kappa shape index (κ2) is 4.40. The SMILES string of the molecule is COc1c(N)ncnc1Sc1nc(C)co1. The standard InChI is InChI=1S/C9H10N4O2S/c1-5-3-15-9(13-5)16-8-6(14-2)7(10)11-4-12-8/h3-4H,1-2H3,(H2,10,11,12). The van der Waals surface area contributed by atoms with E-state index in [1.807, 2.05) is 6.92 Å². The molecule has 0 aromatic carbocycles. The molecule has 0 aliphatic heterocycles. The van der Waals surface area contributed by atoms with Crippen molar-refractivity contribution in [2.24, 2.45) is 0 Å². The first-order chi connectivity index (χ1) is 7.70. The first-order valence-corrected chi connectivity index (χ1v) is 5.27. The molecule has 84 valence electrons. The molecule has 0 aliphatic carbocycles. The highest BCUT2D eigenvalue weighted by molar-refractivity contribution is 7.99. The number of oxazole rings is 1. The lowest BCUT2D eigenvalue weighted by Gasteiger charge is -2.05. The van der Waals surface area contributed by atoms with Crippen LogP contribution in [0.3, 0.4) is 0 Å². The zero-order valence-electron chi connectivity index (χ0n) is 8.80. The zero-order valence-corrected chi connectivity index (χ0v) is 9.61. The van der Waals surface area contributed by atoms with E-state index in [2.05, 4.69) is 15.0 Å². The van der Waals surface area contributed by atoms with Gasteiger partial charge in [-0.25, -0.2) is 15.0 Å². The summed E-state index contributed by atoms with van der Waals surface area (Å²) in [5.41, 5.74) is 6.46. The van der Waals surface area contributed by atoms with E-state index in [4.69, 9.17) is 14.9 Å². The van der Waals surface area contributed by atoms with Crippen LogP contribution in [-0.2, 0) is 0 Å². The van der Waals surface area contributed by atoms with Gasteiger partial charge in [0.05, 0.1) is 12.8 Å². The Balaban J connectivity index is 2.30. The second-order valence-corrected chi connectivity index (χ2v) is 3.89. The molecule has 7 heteroatoms. The lowest BCUT2D eigenvalue weighted by Crippen LogP contribution is -1.98. The van der Waals surface area contributed by atoms with E-state index in [0.29, 0.717) is 21.8 Å². The fourth-order valence-corrected chi connectivity index (χ4v) is 1.93. The van der Waals surface area contributed by atoms with Crippen molar-refractivity contribution < 1.29 is 9.15 Å². The van der Waals surface area contributed by atoms with Crippen molar-refractivity contribution in [3.63, 3.8) is 0 Å². The van der Waals surface area contributed by atoms with Crippen molar-refractivity contribution in [3.05, 3.63) is 18.3 Å². The number of nitrogens with two attached hydrogens (primary N) is 1. The summed E-state index contributed by atoms with van der Waals surface area (Å²) < 4.78 is 10.3. The minimum Gasteiger partial charge on any atom is -0.490 e. The average Bonchev–Trinajstić information content (AvgIpc) is 2.64. The normalized spacial score (nSPS) is 10.4. The topological polar surface area (TPSA) is 87.1 Å². The molecule has 2 aromatic rings. The zero-order chi connectivity index (χ0) is 11.5. The van der Waals surface area contributed by atoms with Crippen LogP contribution in [0.15, 0.2) is 27.3 Å². The second-order valence-electron chi connectivity index (χ2n) is 2.95. The number of hydrogen-bond acceptors (Lipinski definition) is 7. The summed E-state index contributed by atoms with van der Waals surface area (Å²) in [6.45, 7) is 1.85. The van der Waals surface area contributed by atoms with E-state index in [1.165, 1.54) is 25.2 Å². The number of anilines is 1. The molecule has 0 aliphatic rings. The van der Waals surface area contributed by atoms with Gasteiger partial charge in [0.25, 0.3) is 5.22 Å². The van der Waals surface area contributed by atoms with Crippen molar-refractivity contribution in [1.29, 1.82) is 0 Å². The van der Waals surface area contributed by atoms with Crippen molar-refractivity contribution in [2.75, 3.05) is 12.8 Å². The van der Waals surface area contributed by atoms with Crippen LogP contribution in [0.1, 0.15) is 5.69 Å². The molecule has 2 rings (SSSR count). The predicted molar refractivity (Wildman–Crippen MR) is 58.4 cm³/mol. The maximum atomic E-state index is 5.65. The van der Waals surface area contributed by atoms with Crippen molar-refractivity contribution >= 4 is 17.6 Å². The van der Waals surface area contributed by atoms with E-state index in [1.54, 1.807) is 6.26 Å². The first kappa shape index (κ1) is 10.7. The van der Waals surface area contributed by atoms with Gasteiger partial charge in [0.15, 0.2) is 16.6 Å². The van der Waals surface area contributed by atoms with Crippen LogP contribution in [0, 0.1) is 6.92 Å². The van der Waals surface area contributed by atoms with Gasteiger partial charge in [0, 0.05) is 0 Å². The molecule has 0 saturated carbocycles. The molecule has 2 N–H and O–H groups in total. The summed E-state index contributed by atoms with van der Waals surface area (Å²) in [6, 6.07) is 0. The smallest absolute Gasteiger partial charge is 0.262 e. The molecule has 16 heavy (non-hydrogen) atoms. The molecular formula is C9H10N4O2S. The number of aromatic nitrogens is 3. The summed E-state index contributed by atoms with van der Waals surface area (Å²) in [7, 11) is 1.51. The third-order valence-corrected chi connectivity index (χ3v) is 2.63. The van der Waals surface area contributed by atoms with Gasteiger partial charge < -0.3 is 14.9 Å². The molecule has 6 nitrogen and oxygen atoms in total. The van der Waals surface area contributed by atoms with Crippen LogP contribution in [0.2, 0.25) is 0 Å². The van der Waals surface area contributed by atoms with Crippen LogP contribution < -0.4 is 10.5 Å². The molecule has 0 unspecified atom stereocenters. The van der Waals surface area contributed by atoms with Crippen molar-refractivity contribution in [2.45, 2.75) is 17.2 Å². The Hall–Kier alpha value is -1.76. The van der Waals surface area contributed by atoms with E-state index < -0.39 is 0 Å². The highest BCUT2D eigenvalue weighted by Gasteiger charge is 2.13. The molecule has 0 amide bonds. The highest BCUT2D eigenvalue weighted by atomic mass is 32.2. The first-order valence-electron chi connectivity index (χ1n) is 4.45. The summed E-state index contributed by atoms with van der Waals surface area (Å²) in [6.07, 6.45) is 2.94. The fraction of sp³-hybridized carbons (Fsp3) is 0.222. The molecule has 2 heterocycles. The summed E-state index contributed by atoms with van der Waals surface area (Å²) >= 11 is 1.24. The van der Waals surface area contributed by atoms with Gasteiger partial charge in [-0.3, -0.25) is 0 Å². The van der Waals surface area contributed by atoms with E-state index in [9.17, 15) is 0 Å². The number of methoxy groups -OCH3 is 1. The summed E-state index contributed by atoms with van der Waals surface area (Å²) in [5.74, 6) is 0.728. The van der Waals surface area contributed by atoms with Gasteiger partial charge in [-0.2, -0.15) is 0 Å². The maximum absolute atomic E-state index is 5.65. The molecule has 2 aromatic heterocycles. The average molecular weight is 238 g/mol. The van der Waals surface area contributed by atoms with Gasteiger partial charge in [-0.1, -0.05) is 0 Å². The molecule has 0 saturated heterocycles. The minimum absolute atomic E-state index is 0.295. The number of hydrogen-bond donors (Lipinski definition) is 1. The molecule has 0 radical (unpaired) electrons. The minimum atomic E-state index is 0.295. The van der Waals surface area contributed by atoms with Gasteiger partial charge in [-0.15, -0.1) is 0 Å². The van der Waals surface area contributed by atoms with Crippen molar-refractivity contribution in [3.8, 4) is 5.75 Å². The van der Waals surface area contributed by atoms with Crippen LogP contribution in [-0.4, -0.2) is 22.1 Å². The van der Waals surface area contributed by atoms with Crippen LogP contribution >= 0.6 is 11.8 Å². The number of ether oxygens (including phenoxy) is 1. The highest BCUT2D eigenvalue weighted by Crippen LogP contribution is 2.34. The number of aryl methyl sites for hydroxylation is 1. The third-order valence-electron chi connectivity index (χ3n) is 1.78. The Bertz CT molecular complexity index is 500. The van der Waals surface area contributed by atoms with E-state index in [-0.39, 0.29) is 0 Å². The van der Waals surface area contributed by atoms with Crippen LogP contribution in [0.25, 0.3) is 0 Å². The molecular weight excluding hydrogens is 228 g/mol. The molecule has 0 spiro atoms. The Labute approximate surface area is 96.2 Å². The summed E-state index contributed by atoms with van der Waals surface area (Å²) in [4.78, 5) is 12.0. The number of rotatable bonds is 3. The van der Waals surface area contributed by atoms with Gasteiger partial charge in [0.2, 0.25) is 0 Å². The van der Waals surface area contributed by atoms with Gasteiger partial charge >= 0.3 is 0 Å². The molecule has 0 atom stereocenters.